The van der Waals surface area contributed by atoms with Gasteiger partial charge in [0.05, 0.1) is 6.61 Å². The zero-order chi connectivity index (χ0) is 16.3. The summed E-state index contributed by atoms with van der Waals surface area (Å²) in [4.78, 5) is 38.9. The van der Waals surface area contributed by atoms with E-state index in [0.717, 1.165) is 0 Å². The van der Waals surface area contributed by atoms with E-state index < -0.39 is 11.8 Å². The lowest BCUT2D eigenvalue weighted by Crippen LogP contribution is -2.36. The molecule has 1 aromatic rings. The second-order valence-electron chi connectivity index (χ2n) is 5.32. The first kappa shape index (κ1) is 16.0. The SMILES string of the molecule is CCOC(=O)C(=O)c1ccc(N2CCN(C(C)C)C2=O)cc1. The minimum absolute atomic E-state index is 0.0422. The Bertz CT molecular complexity index is 580. The van der Waals surface area contributed by atoms with E-state index in [0.29, 0.717) is 18.8 Å². The summed E-state index contributed by atoms with van der Waals surface area (Å²) in [5.41, 5.74) is 0.975. The molecule has 1 aliphatic heterocycles. The van der Waals surface area contributed by atoms with Crippen molar-refractivity contribution in [3.8, 4) is 0 Å². The predicted octanol–water partition coefficient (Wildman–Crippen LogP) is 2.08. The summed E-state index contributed by atoms with van der Waals surface area (Å²) in [6.45, 7) is 7.05. The number of urea groups is 1. The first-order valence-electron chi connectivity index (χ1n) is 7.35. The molecule has 0 atom stereocenters. The number of hydrogen-bond acceptors (Lipinski definition) is 4. The monoisotopic (exact) mass is 304 g/mol. The highest BCUT2D eigenvalue weighted by Crippen LogP contribution is 2.22. The number of ether oxygens (including phenoxy) is 1. The first-order valence-corrected chi connectivity index (χ1v) is 7.35. The normalized spacial score (nSPS) is 14.6. The van der Waals surface area contributed by atoms with Gasteiger partial charge in [-0.2, -0.15) is 0 Å². The lowest BCUT2D eigenvalue weighted by atomic mass is 10.1. The number of hydrogen-bond donors (Lipinski definition) is 0. The largest absolute Gasteiger partial charge is 0.460 e. The van der Waals surface area contributed by atoms with Crippen LogP contribution in [0.2, 0.25) is 0 Å². The second kappa shape index (κ2) is 6.60. The maximum atomic E-state index is 12.3. The van der Waals surface area contributed by atoms with Crippen LogP contribution in [-0.2, 0) is 9.53 Å². The van der Waals surface area contributed by atoms with E-state index in [9.17, 15) is 14.4 Å². The van der Waals surface area contributed by atoms with Crippen LogP contribution in [0.15, 0.2) is 24.3 Å². The molecule has 1 aromatic carbocycles. The van der Waals surface area contributed by atoms with Crippen LogP contribution in [0.25, 0.3) is 0 Å². The third kappa shape index (κ3) is 3.10. The number of ketones is 1. The summed E-state index contributed by atoms with van der Waals surface area (Å²) in [5.74, 6) is -1.54. The molecule has 2 rings (SSSR count). The highest BCUT2D eigenvalue weighted by atomic mass is 16.5. The maximum absolute atomic E-state index is 12.3. The lowest BCUT2D eigenvalue weighted by molar-refractivity contribution is -0.137. The first-order chi connectivity index (χ1) is 10.5. The standard InChI is InChI=1S/C16H20N2O4/c1-4-22-15(20)14(19)12-5-7-13(8-6-12)18-10-9-17(11(2)3)16(18)21/h5-8,11H,4,9-10H2,1-3H3. The van der Waals surface area contributed by atoms with Crippen molar-refractivity contribution in [2.75, 3.05) is 24.6 Å². The van der Waals surface area contributed by atoms with Gasteiger partial charge in [0.1, 0.15) is 0 Å². The van der Waals surface area contributed by atoms with Crippen LogP contribution in [0.1, 0.15) is 31.1 Å². The van der Waals surface area contributed by atoms with Gasteiger partial charge in [0.15, 0.2) is 0 Å². The molecule has 118 valence electrons. The topological polar surface area (TPSA) is 66.9 Å². The number of anilines is 1. The van der Waals surface area contributed by atoms with Crippen LogP contribution in [-0.4, -0.2) is 48.4 Å². The third-order valence-electron chi connectivity index (χ3n) is 3.57. The molecule has 1 fully saturated rings. The maximum Gasteiger partial charge on any atom is 0.379 e. The van der Waals surface area contributed by atoms with Crippen molar-refractivity contribution in [2.24, 2.45) is 0 Å². The Morgan fingerprint density at radius 2 is 1.82 bits per heavy atom. The van der Waals surface area contributed by atoms with Gasteiger partial charge >= 0.3 is 12.0 Å². The Morgan fingerprint density at radius 1 is 1.18 bits per heavy atom. The van der Waals surface area contributed by atoms with Gasteiger partial charge in [-0.15, -0.1) is 0 Å². The molecule has 1 saturated heterocycles. The zero-order valence-corrected chi connectivity index (χ0v) is 13.0. The Balaban J connectivity index is 2.11. The molecule has 0 aromatic heterocycles. The molecule has 0 aliphatic carbocycles. The van der Waals surface area contributed by atoms with Crippen LogP contribution < -0.4 is 4.90 Å². The van der Waals surface area contributed by atoms with E-state index in [-0.39, 0.29) is 24.2 Å². The van der Waals surface area contributed by atoms with Crippen LogP contribution in [0.5, 0.6) is 0 Å². The van der Waals surface area contributed by atoms with Crippen molar-refractivity contribution < 1.29 is 19.1 Å². The number of esters is 1. The van der Waals surface area contributed by atoms with E-state index in [1.807, 2.05) is 13.8 Å². The van der Waals surface area contributed by atoms with E-state index >= 15 is 0 Å². The summed E-state index contributed by atoms with van der Waals surface area (Å²) in [7, 11) is 0. The molecule has 0 unspecified atom stereocenters. The van der Waals surface area contributed by atoms with Crippen molar-refractivity contribution in [3.63, 3.8) is 0 Å². The zero-order valence-electron chi connectivity index (χ0n) is 13.0. The van der Waals surface area contributed by atoms with E-state index in [4.69, 9.17) is 0 Å². The number of carbonyl (C=O) groups excluding carboxylic acids is 3. The summed E-state index contributed by atoms with van der Waals surface area (Å²) in [6.07, 6.45) is 0. The summed E-state index contributed by atoms with van der Waals surface area (Å²) in [6, 6.07) is 6.55. The van der Waals surface area contributed by atoms with Crippen molar-refractivity contribution in [3.05, 3.63) is 29.8 Å². The number of carbonyl (C=O) groups is 3. The minimum atomic E-state index is -0.863. The van der Waals surface area contributed by atoms with Crippen LogP contribution in [0.4, 0.5) is 10.5 Å². The number of nitrogens with zero attached hydrogens (tertiary/aromatic N) is 2. The van der Waals surface area contributed by atoms with Gasteiger partial charge in [-0.05, 0) is 45.0 Å². The van der Waals surface area contributed by atoms with Crippen molar-refractivity contribution >= 4 is 23.5 Å². The average molecular weight is 304 g/mol. The van der Waals surface area contributed by atoms with E-state index in [1.54, 1.807) is 41.0 Å². The summed E-state index contributed by atoms with van der Waals surface area (Å²) >= 11 is 0. The van der Waals surface area contributed by atoms with Gasteiger partial charge < -0.3 is 9.64 Å². The summed E-state index contributed by atoms with van der Waals surface area (Å²) in [5, 5.41) is 0. The molecular weight excluding hydrogens is 284 g/mol. The molecule has 0 bridgehead atoms. The van der Waals surface area contributed by atoms with Crippen molar-refractivity contribution in [1.29, 1.82) is 0 Å². The molecular formula is C16H20N2O4. The lowest BCUT2D eigenvalue weighted by Gasteiger charge is -2.21. The molecule has 0 radical (unpaired) electrons. The Kier molecular flexibility index (Phi) is 4.80. The van der Waals surface area contributed by atoms with Crippen LogP contribution >= 0.6 is 0 Å². The number of amides is 2. The molecule has 0 spiro atoms. The number of Topliss-reactive ketones (excluding diaryl/α,β-unsaturated/α-hetero) is 1. The highest BCUT2D eigenvalue weighted by Gasteiger charge is 2.31. The van der Waals surface area contributed by atoms with Gasteiger partial charge in [-0.25, -0.2) is 9.59 Å². The Morgan fingerprint density at radius 3 is 2.32 bits per heavy atom. The third-order valence-corrected chi connectivity index (χ3v) is 3.57. The minimum Gasteiger partial charge on any atom is -0.460 e. The smallest absolute Gasteiger partial charge is 0.379 e. The molecule has 1 heterocycles. The van der Waals surface area contributed by atoms with Crippen LogP contribution in [0, 0.1) is 0 Å². The van der Waals surface area contributed by atoms with Gasteiger partial charge in [0, 0.05) is 30.4 Å². The molecule has 1 aliphatic rings. The van der Waals surface area contributed by atoms with E-state index in [2.05, 4.69) is 4.74 Å². The van der Waals surface area contributed by atoms with Crippen molar-refractivity contribution in [1.82, 2.24) is 4.90 Å². The highest BCUT2D eigenvalue weighted by molar-refractivity contribution is 6.40. The molecule has 0 saturated carbocycles. The quantitative estimate of drug-likeness (QED) is 0.474. The van der Waals surface area contributed by atoms with Crippen molar-refractivity contribution in [2.45, 2.75) is 26.8 Å². The Hall–Kier alpha value is -2.37. The predicted molar refractivity (Wildman–Crippen MR) is 82.0 cm³/mol. The van der Waals surface area contributed by atoms with Crippen LogP contribution in [0.3, 0.4) is 0 Å². The molecule has 22 heavy (non-hydrogen) atoms. The number of benzene rings is 1. The fourth-order valence-corrected chi connectivity index (χ4v) is 2.38. The number of rotatable bonds is 5. The van der Waals surface area contributed by atoms with Gasteiger partial charge in [0.25, 0.3) is 5.78 Å². The fourth-order valence-electron chi connectivity index (χ4n) is 2.38. The van der Waals surface area contributed by atoms with Gasteiger partial charge in [-0.1, -0.05) is 0 Å². The molecule has 2 amide bonds. The van der Waals surface area contributed by atoms with Gasteiger partial charge in [0.2, 0.25) is 0 Å². The molecule has 6 nitrogen and oxygen atoms in total. The molecule has 6 heteroatoms. The summed E-state index contributed by atoms with van der Waals surface area (Å²) < 4.78 is 4.69. The Labute approximate surface area is 129 Å². The second-order valence-corrected chi connectivity index (χ2v) is 5.32. The van der Waals surface area contributed by atoms with Gasteiger partial charge in [-0.3, -0.25) is 9.69 Å². The van der Waals surface area contributed by atoms with E-state index in [1.165, 1.54) is 0 Å². The average Bonchev–Trinajstić information content (AvgIpc) is 2.89. The fraction of sp³-hybridized carbons (Fsp3) is 0.438. The molecule has 0 N–H and O–H groups in total.